The number of rotatable bonds is 75. The van der Waals surface area contributed by atoms with Gasteiger partial charge in [0, 0.05) is 12.8 Å². The van der Waals surface area contributed by atoms with Gasteiger partial charge in [0.15, 0.2) is 0 Å². The third kappa shape index (κ3) is 73.0. The lowest BCUT2D eigenvalue weighted by atomic mass is 10.0. The lowest BCUT2D eigenvalue weighted by Crippen LogP contribution is -2.45. The molecule has 0 bridgehead atoms. The number of amides is 1. The van der Waals surface area contributed by atoms with Crippen molar-refractivity contribution < 1.29 is 24.5 Å². The zero-order chi connectivity index (χ0) is 62.8. The molecule has 0 rings (SSSR count). The number of unbranched alkanes of at least 4 members (excludes halogenated alkanes) is 60. The van der Waals surface area contributed by atoms with Crippen molar-refractivity contribution in [1.29, 1.82) is 0 Å². The van der Waals surface area contributed by atoms with Gasteiger partial charge in [-0.2, -0.15) is 0 Å². The van der Waals surface area contributed by atoms with E-state index in [-0.39, 0.29) is 18.5 Å². The number of aliphatic hydroxyl groups excluding tert-OH is 2. The first kappa shape index (κ1) is 85.1. The fourth-order valence-corrected chi connectivity index (χ4v) is 12.6. The Balaban J connectivity index is 3.33. The van der Waals surface area contributed by atoms with Crippen LogP contribution < -0.4 is 5.32 Å². The van der Waals surface area contributed by atoms with Crippen LogP contribution in [0.5, 0.6) is 0 Å². The minimum Gasteiger partial charge on any atom is -0.466 e. The lowest BCUT2D eigenvalue weighted by Gasteiger charge is -2.20. The van der Waals surface area contributed by atoms with Crippen molar-refractivity contribution in [2.45, 2.75) is 456 Å². The van der Waals surface area contributed by atoms with Gasteiger partial charge in [-0.15, -0.1) is 0 Å². The molecule has 0 aromatic heterocycles. The Kier molecular flexibility index (Phi) is 74.8. The van der Waals surface area contributed by atoms with Crippen LogP contribution in [0.15, 0.2) is 36.5 Å². The van der Waals surface area contributed by atoms with E-state index >= 15 is 0 Å². The third-order valence-electron chi connectivity index (χ3n) is 18.6. The molecular formula is C81H155NO5. The number of carbonyl (C=O) groups is 2. The predicted octanol–water partition coefficient (Wildman–Crippen LogP) is 26.2. The van der Waals surface area contributed by atoms with Crippen molar-refractivity contribution in [2.24, 2.45) is 0 Å². The molecule has 0 aromatic carbocycles. The molecule has 0 aliphatic rings. The third-order valence-corrected chi connectivity index (χ3v) is 18.6. The van der Waals surface area contributed by atoms with Crippen LogP contribution in [0.2, 0.25) is 0 Å². The second-order valence-corrected chi connectivity index (χ2v) is 27.4. The van der Waals surface area contributed by atoms with Crippen LogP contribution in [0, 0.1) is 0 Å². The van der Waals surface area contributed by atoms with Crippen LogP contribution in [0.1, 0.15) is 444 Å². The summed E-state index contributed by atoms with van der Waals surface area (Å²) in [5.74, 6) is -0.0496. The Morgan fingerprint density at radius 3 is 0.920 bits per heavy atom. The molecule has 0 saturated carbocycles. The summed E-state index contributed by atoms with van der Waals surface area (Å²) < 4.78 is 5.48. The molecule has 0 fully saturated rings. The summed E-state index contributed by atoms with van der Waals surface area (Å²) in [4.78, 5) is 24.6. The Morgan fingerprint density at radius 2 is 0.598 bits per heavy atom. The molecule has 0 spiro atoms. The van der Waals surface area contributed by atoms with E-state index in [0.29, 0.717) is 19.4 Å². The molecule has 3 N–H and O–H groups in total. The molecular weight excluding hydrogens is 1070 g/mol. The average Bonchev–Trinajstić information content (AvgIpc) is 3.54. The lowest BCUT2D eigenvalue weighted by molar-refractivity contribution is -0.143. The molecule has 0 aromatic rings. The number of hydrogen-bond acceptors (Lipinski definition) is 5. The van der Waals surface area contributed by atoms with Crippen LogP contribution in [-0.2, 0) is 14.3 Å². The van der Waals surface area contributed by atoms with Gasteiger partial charge in [-0.05, 0) is 57.8 Å². The zero-order valence-corrected chi connectivity index (χ0v) is 59.0. The SMILES string of the molecule is CCC/C=C\C/C=C\CCCCCCCC(=O)OCCCCCCCCCCCCCCCCCCCCCCCCCCCCCCCCCCCCCCCC(=O)NC(CO)C(O)/C=C/CCCCCCCCCCCCCCCCCCCC. The normalized spacial score (nSPS) is 12.6. The molecule has 87 heavy (non-hydrogen) atoms. The second-order valence-electron chi connectivity index (χ2n) is 27.4. The van der Waals surface area contributed by atoms with Gasteiger partial charge in [0.25, 0.3) is 0 Å². The Labute approximate surface area is 544 Å². The van der Waals surface area contributed by atoms with E-state index in [4.69, 9.17) is 4.74 Å². The number of nitrogens with one attached hydrogen (secondary N) is 1. The molecule has 0 radical (unpaired) electrons. The molecule has 2 unspecified atom stereocenters. The van der Waals surface area contributed by atoms with Gasteiger partial charge in [-0.3, -0.25) is 9.59 Å². The molecule has 0 heterocycles. The van der Waals surface area contributed by atoms with Crippen LogP contribution in [0.4, 0.5) is 0 Å². The van der Waals surface area contributed by atoms with Crippen LogP contribution in [0.25, 0.3) is 0 Å². The average molecular weight is 1220 g/mol. The molecule has 6 nitrogen and oxygen atoms in total. The van der Waals surface area contributed by atoms with E-state index < -0.39 is 12.1 Å². The van der Waals surface area contributed by atoms with E-state index in [1.807, 2.05) is 6.08 Å². The van der Waals surface area contributed by atoms with Crippen molar-refractivity contribution in [3.05, 3.63) is 36.5 Å². The number of carbonyl (C=O) groups excluding carboxylic acids is 2. The maximum atomic E-state index is 12.5. The van der Waals surface area contributed by atoms with Crippen LogP contribution >= 0.6 is 0 Å². The minimum absolute atomic E-state index is 0.00825. The first-order valence-corrected chi connectivity index (χ1v) is 39.8. The largest absolute Gasteiger partial charge is 0.466 e. The van der Waals surface area contributed by atoms with Gasteiger partial charge in [-0.25, -0.2) is 0 Å². The van der Waals surface area contributed by atoms with Crippen molar-refractivity contribution >= 4 is 11.9 Å². The van der Waals surface area contributed by atoms with Gasteiger partial charge in [0.1, 0.15) is 0 Å². The fraction of sp³-hybridized carbons (Fsp3) is 0.901. The summed E-state index contributed by atoms with van der Waals surface area (Å²) in [5.41, 5.74) is 0. The number of ether oxygens (including phenoxy) is 1. The van der Waals surface area contributed by atoms with E-state index in [0.717, 1.165) is 51.4 Å². The maximum Gasteiger partial charge on any atom is 0.305 e. The Bertz CT molecular complexity index is 1410. The van der Waals surface area contributed by atoms with Crippen LogP contribution in [0.3, 0.4) is 0 Å². The summed E-state index contributed by atoms with van der Waals surface area (Å²) in [6.07, 6.45) is 99.9. The van der Waals surface area contributed by atoms with Crippen molar-refractivity contribution in [2.75, 3.05) is 13.2 Å². The van der Waals surface area contributed by atoms with Gasteiger partial charge in [0.2, 0.25) is 5.91 Å². The fourth-order valence-electron chi connectivity index (χ4n) is 12.6. The second kappa shape index (κ2) is 76.5. The Morgan fingerprint density at radius 1 is 0.322 bits per heavy atom. The molecule has 0 aliphatic carbocycles. The number of esters is 1. The highest BCUT2D eigenvalue weighted by molar-refractivity contribution is 5.76. The molecule has 0 aliphatic heterocycles. The van der Waals surface area contributed by atoms with Crippen molar-refractivity contribution in [3.8, 4) is 0 Å². The van der Waals surface area contributed by atoms with E-state index in [1.54, 1.807) is 6.08 Å². The van der Waals surface area contributed by atoms with Gasteiger partial charge in [-0.1, -0.05) is 410 Å². The van der Waals surface area contributed by atoms with E-state index in [1.165, 1.54) is 366 Å². The number of aliphatic hydroxyl groups is 2. The summed E-state index contributed by atoms with van der Waals surface area (Å²) in [6.45, 7) is 4.88. The van der Waals surface area contributed by atoms with Crippen molar-refractivity contribution in [3.63, 3.8) is 0 Å². The summed E-state index contributed by atoms with van der Waals surface area (Å²) >= 11 is 0. The summed E-state index contributed by atoms with van der Waals surface area (Å²) in [5, 5.41) is 23.3. The molecule has 1 amide bonds. The number of allylic oxidation sites excluding steroid dienone is 5. The molecule has 0 saturated heterocycles. The highest BCUT2D eigenvalue weighted by atomic mass is 16.5. The summed E-state index contributed by atoms with van der Waals surface area (Å²) in [6, 6.07) is -0.624. The molecule has 514 valence electrons. The van der Waals surface area contributed by atoms with Crippen LogP contribution in [-0.4, -0.2) is 47.4 Å². The Hall–Kier alpha value is -1.92. The van der Waals surface area contributed by atoms with Gasteiger partial charge in [0.05, 0.1) is 25.4 Å². The monoisotopic (exact) mass is 1220 g/mol. The quantitative estimate of drug-likeness (QED) is 0.0320. The zero-order valence-electron chi connectivity index (χ0n) is 59.0. The maximum absolute atomic E-state index is 12.5. The minimum atomic E-state index is -0.841. The molecule has 2 atom stereocenters. The first-order valence-electron chi connectivity index (χ1n) is 39.8. The van der Waals surface area contributed by atoms with Gasteiger partial charge >= 0.3 is 5.97 Å². The van der Waals surface area contributed by atoms with E-state index in [2.05, 4.69) is 43.5 Å². The highest BCUT2D eigenvalue weighted by Gasteiger charge is 2.18. The van der Waals surface area contributed by atoms with Gasteiger partial charge < -0.3 is 20.3 Å². The summed E-state index contributed by atoms with van der Waals surface area (Å²) in [7, 11) is 0. The molecule has 6 heteroatoms. The standard InChI is InChI=1S/C81H155NO5/c1-3-5-7-9-11-13-15-17-18-19-20-40-43-46-50-53-57-61-65-69-73-79(84)78(77-83)82-80(85)74-70-66-62-58-54-51-47-44-41-38-36-34-32-30-28-26-24-22-21-23-25-27-29-31-33-35-37-39-42-45-48-52-56-60-64-68-72-76-87-81(86)75-71-67-63-59-55-49-16-14-12-10-8-6-4-2/h8,10,14,16,69,73,78-79,83-84H,3-7,9,11-13,15,17-68,70-72,74-77H2,1-2H3,(H,82,85)/b10-8-,16-14-,73-69+. The smallest absolute Gasteiger partial charge is 0.305 e. The highest BCUT2D eigenvalue weighted by Crippen LogP contribution is 2.20. The first-order chi connectivity index (χ1) is 43.0. The topological polar surface area (TPSA) is 95.9 Å². The van der Waals surface area contributed by atoms with E-state index in [9.17, 15) is 19.8 Å². The van der Waals surface area contributed by atoms with Crippen molar-refractivity contribution in [1.82, 2.24) is 5.32 Å². The number of hydrogen-bond donors (Lipinski definition) is 3. The predicted molar refractivity (Wildman–Crippen MR) is 384 cm³/mol.